The van der Waals surface area contributed by atoms with Crippen LogP contribution in [0.25, 0.3) is 0 Å². The lowest BCUT2D eigenvalue weighted by Gasteiger charge is -2.34. The van der Waals surface area contributed by atoms with Crippen molar-refractivity contribution in [2.45, 2.75) is 32.3 Å². The standard InChI is InChI=1S/C10H22N2O/c1-9(13)10-4-2-6-12(8-10)7-3-5-11/h9-10,13H,2-8,11H2,1H3/t9-,10+/m0/s1. The Bertz CT molecular complexity index is 139. The number of nitrogens with zero attached hydrogens (tertiary/aromatic N) is 1. The van der Waals surface area contributed by atoms with Crippen LogP contribution in [0.4, 0.5) is 0 Å². The third kappa shape index (κ3) is 3.63. The first kappa shape index (κ1) is 11.0. The van der Waals surface area contributed by atoms with Crippen molar-refractivity contribution in [3.8, 4) is 0 Å². The van der Waals surface area contributed by atoms with Gasteiger partial charge in [0.05, 0.1) is 6.10 Å². The van der Waals surface area contributed by atoms with Crippen molar-refractivity contribution in [1.82, 2.24) is 4.90 Å². The molecule has 1 heterocycles. The predicted octanol–water partition coefficient (Wildman–Crippen LogP) is 0.428. The fraction of sp³-hybridized carbons (Fsp3) is 1.00. The van der Waals surface area contributed by atoms with E-state index in [0.717, 1.165) is 26.1 Å². The molecule has 78 valence electrons. The van der Waals surface area contributed by atoms with Crippen LogP contribution in [0.1, 0.15) is 26.2 Å². The SMILES string of the molecule is C[C@H](O)[C@@H]1CCCN(CCCN)C1. The summed E-state index contributed by atoms with van der Waals surface area (Å²) in [7, 11) is 0. The van der Waals surface area contributed by atoms with Crippen molar-refractivity contribution in [2.75, 3.05) is 26.2 Å². The van der Waals surface area contributed by atoms with Gasteiger partial charge in [-0.3, -0.25) is 0 Å². The molecule has 0 bridgehead atoms. The predicted molar refractivity (Wildman–Crippen MR) is 54.5 cm³/mol. The van der Waals surface area contributed by atoms with Crippen LogP contribution >= 0.6 is 0 Å². The Labute approximate surface area is 80.9 Å². The van der Waals surface area contributed by atoms with Gasteiger partial charge in [-0.2, -0.15) is 0 Å². The summed E-state index contributed by atoms with van der Waals surface area (Å²) in [6.07, 6.45) is 3.32. The zero-order chi connectivity index (χ0) is 9.68. The molecule has 1 rings (SSSR count). The van der Waals surface area contributed by atoms with Gasteiger partial charge in [-0.1, -0.05) is 0 Å². The number of hydrogen-bond acceptors (Lipinski definition) is 3. The van der Waals surface area contributed by atoms with Crippen molar-refractivity contribution >= 4 is 0 Å². The lowest BCUT2D eigenvalue weighted by atomic mass is 9.93. The topological polar surface area (TPSA) is 49.5 Å². The molecule has 0 aromatic carbocycles. The summed E-state index contributed by atoms with van der Waals surface area (Å²) in [5, 5.41) is 9.47. The lowest BCUT2D eigenvalue weighted by molar-refractivity contribution is 0.0627. The fourth-order valence-corrected chi connectivity index (χ4v) is 2.00. The molecule has 13 heavy (non-hydrogen) atoms. The Kier molecular flexibility index (Phi) is 4.70. The van der Waals surface area contributed by atoms with Crippen molar-refractivity contribution in [2.24, 2.45) is 11.7 Å². The van der Waals surface area contributed by atoms with E-state index in [9.17, 15) is 5.11 Å². The molecule has 1 aliphatic heterocycles. The second kappa shape index (κ2) is 5.58. The highest BCUT2D eigenvalue weighted by molar-refractivity contribution is 4.76. The summed E-state index contributed by atoms with van der Waals surface area (Å²) in [6.45, 7) is 6.01. The average Bonchev–Trinajstić information content (AvgIpc) is 2.15. The van der Waals surface area contributed by atoms with Crippen LogP contribution < -0.4 is 5.73 Å². The first-order valence-corrected chi connectivity index (χ1v) is 5.34. The number of nitrogens with two attached hydrogens (primary N) is 1. The molecule has 0 aliphatic carbocycles. The maximum absolute atomic E-state index is 9.47. The molecule has 0 aromatic heterocycles. The molecular weight excluding hydrogens is 164 g/mol. The third-order valence-electron chi connectivity index (χ3n) is 2.90. The van der Waals surface area contributed by atoms with Crippen LogP contribution in [0.15, 0.2) is 0 Å². The summed E-state index contributed by atoms with van der Waals surface area (Å²) in [5.74, 6) is 0.478. The lowest BCUT2D eigenvalue weighted by Crippen LogP contribution is -2.40. The molecule has 0 unspecified atom stereocenters. The van der Waals surface area contributed by atoms with Crippen molar-refractivity contribution < 1.29 is 5.11 Å². The van der Waals surface area contributed by atoms with E-state index in [1.165, 1.54) is 19.4 Å². The second-order valence-corrected chi connectivity index (χ2v) is 4.09. The smallest absolute Gasteiger partial charge is 0.0552 e. The molecule has 3 nitrogen and oxygen atoms in total. The first-order chi connectivity index (χ1) is 6.24. The molecular formula is C10H22N2O. The molecule has 1 saturated heterocycles. The van der Waals surface area contributed by atoms with E-state index >= 15 is 0 Å². The van der Waals surface area contributed by atoms with Gasteiger partial charge in [-0.25, -0.2) is 0 Å². The van der Waals surface area contributed by atoms with Crippen molar-refractivity contribution in [3.63, 3.8) is 0 Å². The number of likely N-dealkylation sites (tertiary alicyclic amines) is 1. The largest absolute Gasteiger partial charge is 0.393 e. The Morgan fingerprint density at radius 3 is 3.00 bits per heavy atom. The summed E-state index contributed by atoms with van der Waals surface area (Å²) in [4.78, 5) is 2.42. The van der Waals surface area contributed by atoms with Crippen LogP contribution in [0.2, 0.25) is 0 Å². The van der Waals surface area contributed by atoms with Crippen LogP contribution in [0.5, 0.6) is 0 Å². The van der Waals surface area contributed by atoms with Gasteiger partial charge in [0.2, 0.25) is 0 Å². The molecule has 0 amide bonds. The maximum Gasteiger partial charge on any atom is 0.0552 e. The van der Waals surface area contributed by atoms with E-state index in [4.69, 9.17) is 5.73 Å². The normalized spacial score (nSPS) is 27.5. The van der Waals surface area contributed by atoms with Gasteiger partial charge in [-0.15, -0.1) is 0 Å². The van der Waals surface area contributed by atoms with Gasteiger partial charge in [0.15, 0.2) is 0 Å². The molecule has 0 spiro atoms. The minimum Gasteiger partial charge on any atom is -0.393 e. The molecule has 1 fully saturated rings. The van der Waals surface area contributed by atoms with Crippen LogP contribution in [-0.4, -0.2) is 42.3 Å². The van der Waals surface area contributed by atoms with E-state index in [0.29, 0.717) is 5.92 Å². The Hall–Kier alpha value is -0.120. The van der Waals surface area contributed by atoms with E-state index < -0.39 is 0 Å². The number of aliphatic hydroxyl groups is 1. The summed E-state index contributed by atoms with van der Waals surface area (Å²) >= 11 is 0. The van der Waals surface area contributed by atoms with Gasteiger partial charge in [-0.05, 0) is 51.7 Å². The number of hydrogen-bond donors (Lipinski definition) is 2. The fourth-order valence-electron chi connectivity index (χ4n) is 2.00. The van der Waals surface area contributed by atoms with E-state index in [1.807, 2.05) is 6.92 Å². The number of aliphatic hydroxyl groups excluding tert-OH is 1. The summed E-state index contributed by atoms with van der Waals surface area (Å²) in [6, 6.07) is 0. The Morgan fingerprint density at radius 1 is 1.62 bits per heavy atom. The van der Waals surface area contributed by atoms with E-state index in [2.05, 4.69) is 4.90 Å². The Morgan fingerprint density at radius 2 is 2.38 bits per heavy atom. The van der Waals surface area contributed by atoms with Gasteiger partial charge >= 0.3 is 0 Å². The summed E-state index contributed by atoms with van der Waals surface area (Å²) in [5.41, 5.74) is 5.46. The molecule has 3 N–H and O–H groups in total. The van der Waals surface area contributed by atoms with Gasteiger partial charge in [0, 0.05) is 6.54 Å². The minimum atomic E-state index is -0.152. The zero-order valence-corrected chi connectivity index (χ0v) is 8.58. The Balaban J connectivity index is 2.25. The minimum absolute atomic E-state index is 0.152. The third-order valence-corrected chi connectivity index (χ3v) is 2.90. The average molecular weight is 186 g/mol. The highest BCUT2D eigenvalue weighted by atomic mass is 16.3. The first-order valence-electron chi connectivity index (χ1n) is 5.34. The van der Waals surface area contributed by atoms with Crippen LogP contribution in [0.3, 0.4) is 0 Å². The van der Waals surface area contributed by atoms with Crippen molar-refractivity contribution in [1.29, 1.82) is 0 Å². The monoisotopic (exact) mass is 186 g/mol. The van der Waals surface area contributed by atoms with E-state index in [1.54, 1.807) is 0 Å². The number of piperidine rings is 1. The second-order valence-electron chi connectivity index (χ2n) is 4.09. The van der Waals surface area contributed by atoms with Gasteiger partial charge in [0.1, 0.15) is 0 Å². The van der Waals surface area contributed by atoms with Crippen LogP contribution in [0, 0.1) is 5.92 Å². The van der Waals surface area contributed by atoms with Gasteiger partial charge in [0.25, 0.3) is 0 Å². The molecule has 0 radical (unpaired) electrons. The van der Waals surface area contributed by atoms with E-state index in [-0.39, 0.29) is 6.10 Å². The molecule has 1 aliphatic rings. The number of rotatable bonds is 4. The molecule has 0 saturated carbocycles. The zero-order valence-electron chi connectivity index (χ0n) is 8.58. The molecule has 0 aromatic rings. The molecule has 2 atom stereocenters. The maximum atomic E-state index is 9.47. The van der Waals surface area contributed by atoms with Gasteiger partial charge < -0.3 is 15.7 Å². The van der Waals surface area contributed by atoms with Crippen molar-refractivity contribution in [3.05, 3.63) is 0 Å². The highest BCUT2D eigenvalue weighted by Crippen LogP contribution is 2.19. The molecule has 3 heteroatoms. The highest BCUT2D eigenvalue weighted by Gasteiger charge is 2.22. The quantitative estimate of drug-likeness (QED) is 0.669. The summed E-state index contributed by atoms with van der Waals surface area (Å²) < 4.78 is 0. The van der Waals surface area contributed by atoms with Crippen LogP contribution in [-0.2, 0) is 0 Å².